The molecule has 226 valence electrons. The third kappa shape index (κ3) is 5.52. The van der Waals surface area contributed by atoms with Crippen LogP contribution in [-0.2, 0) is 9.59 Å². The molecule has 3 aromatic heterocycles. The molecule has 0 aliphatic carbocycles. The fraction of sp³-hybridized carbons (Fsp3) is 0.294. The van der Waals surface area contributed by atoms with Crippen LogP contribution in [0.1, 0.15) is 83.9 Å². The van der Waals surface area contributed by atoms with Gasteiger partial charge in [0.15, 0.2) is 0 Å². The Bertz CT molecular complexity index is 2010. The Hall–Kier alpha value is -4.02. The number of carbonyl (C=O) groups is 2. The van der Waals surface area contributed by atoms with E-state index in [1.807, 2.05) is 50.7 Å². The molecule has 0 spiro atoms. The van der Waals surface area contributed by atoms with E-state index in [1.165, 1.54) is 5.57 Å². The Balaban J connectivity index is 1.76. The lowest BCUT2D eigenvalue weighted by Crippen LogP contribution is -1.95. The van der Waals surface area contributed by atoms with E-state index in [0.717, 1.165) is 84.4 Å². The Morgan fingerprint density at radius 3 is 2.18 bits per heavy atom. The number of fused-ring (bicyclic) bond motifs is 8. The van der Waals surface area contributed by atoms with Gasteiger partial charge in [-0.15, -0.1) is 0 Å². The smallest absolute Gasteiger partial charge is 0.328 e. The first-order chi connectivity index (χ1) is 20.9. The van der Waals surface area contributed by atoms with E-state index in [2.05, 4.69) is 29.9 Å². The van der Waals surface area contributed by atoms with Crippen molar-refractivity contribution in [2.24, 2.45) is 0 Å². The van der Waals surface area contributed by atoms with Crippen molar-refractivity contribution in [1.82, 2.24) is 19.9 Å². The summed E-state index contributed by atoms with van der Waals surface area (Å²) in [4.78, 5) is 40.3. The van der Waals surface area contributed by atoms with Gasteiger partial charge in [-0.1, -0.05) is 0 Å². The minimum atomic E-state index is -1.04. The Morgan fingerprint density at radius 1 is 0.932 bits per heavy atom. The number of allylic oxidation sites excluding steroid dienone is 3. The molecule has 10 heteroatoms. The van der Waals surface area contributed by atoms with Gasteiger partial charge < -0.3 is 20.2 Å². The molecular weight excluding hydrogens is 593 g/mol. The van der Waals surface area contributed by atoms with E-state index in [-0.39, 0.29) is 11.7 Å². The summed E-state index contributed by atoms with van der Waals surface area (Å²) in [6, 6.07) is 8.08. The zero-order chi connectivity index (χ0) is 31.4. The topological polar surface area (TPSA) is 132 Å². The number of aromatic nitrogens is 4. The van der Waals surface area contributed by atoms with Gasteiger partial charge in [0.2, 0.25) is 0 Å². The molecular formula is C34H34N4O4S2. The van der Waals surface area contributed by atoms with Crippen molar-refractivity contribution in [2.45, 2.75) is 58.0 Å². The fourth-order valence-electron chi connectivity index (χ4n) is 6.19. The largest absolute Gasteiger partial charge is 0.481 e. The molecule has 0 unspecified atom stereocenters. The molecule has 8 nitrogen and oxygen atoms in total. The average molecular weight is 627 g/mol. The number of aryl methyl sites for hydroxylation is 2. The molecule has 44 heavy (non-hydrogen) atoms. The lowest BCUT2D eigenvalue weighted by molar-refractivity contribution is -0.137. The molecule has 0 amide bonds. The van der Waals surface area contributed by atoms with E-state index in [9.17, 15) is 19.8 Å². The lowest BCUT2D eigenvalue weighted by Gasteiger charge is -2.04. The number of nitrogens with one attached hydrogen (secondary N) is 2. The predicted molar refractivity (Wildman–Crippen MR) is 183 cm³/mol. The third-order valence-electron chi connectivity index (χ3n) is 8.61. The first-order valence-corrected chi connectivity index (χ1v) is 16.1. The number of carboxylic acids is 2. The maximum absolute atomic E-state index is 11.6. The third-order valence-corrected chi connectivity index (χ3v) is 9.77. The van der Waals surface area contributed by atoms with Gasteiger partial charge in [0.1, 0.15) is 0 Å². The van der Waals surface area contributed by atoms with Gasteiger partial charge in [0.05, 0.1) is 22.8 Å². The highest BCUT2D eigenvalue weighted by molar-refractivity contribution is 8.07. The Morgan fingerprint density at radius 2 is 1.52 bits per heavy atom. The minimum absolute atomic E-state index is 0.0350. The highest BCUT2D eigenvalue weighted by Crippen LogP contribution is 2.47. The lowest BCUT2D eigenvalue weighted by atomic mass is 10.0. The molecule has 6 heterocycles. The van der Waals surface area contributed by atoms with E-state index in [4.69, 9.17) is 22.6 Å². The van der Waals surface area contributed by atoms with Gasteiger partial charge in [-0.05, 0) is 110 Å². The molecule has 3 aromatic rings. The van der Waals surface area contributed by atoms with Gasteiger partial charge in [0, 0.05) is 56.4 Å². The van der Waals surface area contributed by atoms with E-state index in [0.29, 0.717) is 22.9 Å². The number of nitrogens with zero attached hydrogens (tertiary/aromatic N) is 2. The molecule has 8 bridgehead atoms. The summed E-state index contributed by atoms with van der Waals surface area (Å²) in [7, 11) is 0. The monoisotopic (exact) mass is 626 g/mol. The SMILES string of the molecule is CC1=C(CCC(=O)O)c2cc3[nH]c(cc4nc(cc5[nH]c(cc1n2)c([C@H](C)S)c5C)C([C@@H]1CS1)=C4C)c(C)c3/C=C\C(=O)O. The number of hydrogen-bond donors (Lipinski definition) is 5. The van der Waals surface area contributed by atoms with Crippen LogP contribution >= 0.6 is 24.4 Å². The molecule has 0 aromatic carbocycles. The van der Waals surface area contributed by atoms with Crippen molar-refractivity contribution in [1.29, 1.82) is 0 Å². The second kappa shape index (κ2) is 11.5. The molecule has 2 atom stereocenters. The quantitative estimate of drug-likeness (QED) is 0.102. The summed E-state index contributed by atoms with van der Waals surface area (Å²) < 4.78 is 0. The number of aliphatic carboxylic acids is 2. The van der Waals surface area contributed by atoms with Crippen LogP contribution in [0.3, 0.4) is 0 Å². The van der Waals surface area contributed by atoms with E-state index >= 15 is 0 Å². The molecule has 4 N–H and O–H groups in total. The summed E-state index contributed by atoms with van der Waals surface area (Å²) >= 11 is 6.74. The van der Waals surface area contributed by atoms with Gasteiger partial charge in [-0.25, -0.2) is 14.8 Å². The second-order valence-corrected chi connectivity index (χ2v) is 13.5. The van der Waals surface area contributed by atoms with Crippen LogP contribution in [0.4, 0.5) is 0 Å². The number of carboxylic acid groups (broad SMARTS) is 2. The van der Waals surface area contributed by atoms with Crippen LogP contribution in [0, 0.1) is 13.8 Å². The molecule has 6 rings (SSSR count). The van der Waals surface area contributed by atoms with Gasteiger partial charge >= 0.3 is 11.9 Å². The molecule has 3 aliphatic rings. The fourth-order valence-corrected chi connectivity index (χ4v) is 7.25. The van der Waals surface area contributed by atoms with E-state index in [1.54, 1.807) is 6.08 Å². The van der Waals surface area contributed by atoms with Crippen molar-refractivity contribution in [2.75, 3.05) is 5.75 Å². The van der Waals surface area contributed by atoms with Crippen molar-refractivity contribution in [3.05, 3.63) is 75.4 Å². The Kier molecular flexibility index (Phi) is 7.83. The summed E-state index contributed by atoms with van der Waals surface area (Å²) in [5, 5.41) is 19.3. The van der Waals surface area contributed by atoms with Crippen molar-refractivity contribution in [3.8, 4) is 0 Å². The molecule has 0 saturated carbocycles. The van der Waals surface area contributed by atoms with Crippen molar-refractivity contribution in [3.63, 3.8) is 0 Å². The van der Waals surface area contributed by atoms with Crippen LogP contribution in [0.5, 0.6) is 0 Å². The first kappa shape index (κ1) is 30.0. The average Bonchev–Trinajstić information content (AvgIpc) is 3.49. The van der Waals surface area contributed by atoms with Crippen LogP contribution in [0.15, 0.2) is 30.3 Å². The van der Waals surface area contributed by atoms with Gasteiger partial charge in [0.25, 0.3) is 0 Å². The van der Waals surface area contributed by atoms with Crippen LogP contribution in [-0.4, -0.2) is 53.1 Å². The van der Waals surface area contributed by atoms with Crippen molar-refractivity contribution < 1.29 is 19.8 Å². The maximum atomic E-state index is 11.6. The zero-order valence-corrected chi connectivity index (χ0v) is 26.9. The zero-order valence-electron chi connectivity index (χ0n) is 25.2. The number of hydrogen-bond acceptors (Lipinski definition) is 6. The molecule has 3 aliphatic heterocycles. The number of aromatic amines is 2. The first-order valence-electron chi connectivity index (χ1n) is 14.5. The predicted octanol–water partition coefficient (Wildman–Crippen LogP) is 7.86. The van der Waals surface area contributed by atoms with E-state index < -0.39 is 11.9 Å². The van der Waals surface area contributed by atoms with Gasteiger partial charge in [-0.3, -0.25) is 4.79 Å². The summed E-state index contributed by atoms with van der Waals surface area (Å²) in [6.07, 6.45) is 2.99. The molecule has 1 fully saturated rings. The van der Waals surface area contributed by atoms with Crippen LogP contribution in [0.2, 0.25) is 0 Å². The molecule has 1 saturated heterocycles. The number of thioether (sulfide) groups is 1. The summed E-state index contributed by atoms with van der Waals surface area (Å²) in [5.74, 6) is -0.866. The minimum Gasteiger partial charge on any atom is -0.481 e. The maximum Gasteiger partial charge on any atom is 0.328 e. The number of rotatable bonds is 7. The second-order valence-electron chi connectivity index (χ2n) is 11.5. The highest BCUT2D eigenvalue weighted by atomic mass is 32.2. The summed E-state index contributed by atoms with van der Waals surface area (Å²) in [6.45, 7) is 10.2. The Labute approximate surface area is 264 Å². The number of thiol groups is 1. The van der Waals surface area contributed by atoms with Crippen molar-refractivity contribution >= 4 is 86.8 Å². The standard InChI is InChI=1S/C34H34N4O4S2/c1-15-20(6-8-31(39)40)26-13-27-21(7-9-32(41)42)16(2)23(36-27)11-28-33(19(5)43)17(3)25(37-28)12-29-34(30-14-44-30)18(4)24(38-29)10-22(15)35-26/h6,8,10-13,19,30,35,37,43H,7,9,14H2,1-5H3,(H,39,40)(H,41,42)/b8-6-,22-10?,23-11?,24-10?,25-12?,26-13?,27-13?,28-11?,29-12?/t19-,30-/m0/s1. The van der Waals surface area contributed by atoms with Crippen LogP contribution in [0.25, 0.3) is 50.4 Å². The summed E-state index contributed by atoms with van der Waals surface area (Å²) in [5.41, 5.74) is 14.5. The molecule has 0 radical (unpaired) electrons. The van der Waals surface area contributed by atoms with Gasteiger partial charge in [-0.2, -0.15) is 24.4 Å². The highest BCUT2D eigenvalue weighted by Gasteiger charge is 2.33. The number of H-pyrrole nitrogens is 2. The normalized spacial score (nSPS) is 17.1. The van der Waals surface area contributed by atoms with Crippen LogP contribution < -0.4 is 0 Å².